The Bertz CT molecular complexity index is 647. The van der Waals surface area contributed by atoms with E-state index in [0.29, 0.717) is 17.3 Å². The molecule has 0 spiro atoms. The third kappa shape index (κ3) is 4.36. The Balaban J connectivity index is 1.90. The fourth-order valence-electron chi connectivity index (χ4n) is 1.91. The van der Waals surface area contributed by atoms with Crippen molar-refractivity contribution in [1.82, 2.24) is 10.3 Å². The summed E-state index contributed by atoms with van der Waals surface area (Å²) in [5, 5.41) is 6.51. The molecule has 1 aromatic heterocycles. The number of rotatable bonds is 6. The van der Waals surface area contributed by atoms with Crippen LogP contribution in [0.4, 0.5) is 5.69 Å². The van der Waals surface area contributed by atoms with Crippen LogP contribution in [0.1, 0.15) is 11.1 Å². The van der Waals surface area contributed by atoms with E-state index in [-0.39, 0.29) is 12.5 Å². The number of hydrogen-bond donors (Lipinski definition) is 2. The van der Waals surface area contributed by atoms with E-state index in [0.717, 1.165) is 16.8 Å². The highest BCUT2D eigenvalue weighted by Gasteiger charge is 2.08. The molecule has 0 atom stereocenters. The number of carbonyl (C=O) groups excluding carboxylic acids is 1. The highest BCUT2D eigenvalue weighted by molar-refractivity contribution is 6.31. The largest absolute Gasteiger partial charge is 0.495 e. The SMILES string of the molecule is COc1cc(Cl)c(C)cc1NCC(=O)NCc1cccnc1. The van der Waals surface area contributed by atoms with Gasteiger partial charge in [-0.2, -0.15) is 0 Å². The summed E-state index contributed by atoms with van der Waals surface area (Å²) < 4.78 is 5.26. The molecule has 5 nitrogen and oxygen atoms in total. The number of carbonyl (C=O) groups is 1. The number of anilines is 1. The van der Waals surface area contributed by atoms with Crippen molar-refractivity contribution >= 4 is 23.2 Å². The van der Waals surface area contributed by atoms with Gasteiger partial charge in [0.25, 0.3) is 0 Å². The van der Waals surface area contributed by atoms with E-state index in [2.05, 4.69) is 15.6 Å². The quantitative estimate of drug-likeness (QED) is 0.859. The molecule has 116 valence electrons. The zero-order valence-electron chi connectivity index (χ0n) is 12.5. The van der Waals surface area contributed by atoms with Gasteiger partial charge in [0.15, 0.2) is 0 Å². The number of ether oxygens (including phenoxy) is 1. The van der Waals surface area contributed by atoms with Gasteiger partial charge in [-0.1, -0.05) is 17.7 Å². The molecule has 0 aliphatic heterocycles. The zero-order chi connectivity index (χ0) is 15.9. The maximum atomic E-state index is 11.9. The van der Waals surface area contributed by atoms with Gasteiger partial charge in [0, 0.05) is 30.0 Å². The molecule has 1 aromatic carbocycles. The van der Waals surface area contributed by atoms with Crippen LogP contribution in [0.15, 0.2) is 36.7 Å². The third-order valence-electron chi connectivity index (χ3n) is 3.13. The lowest BCUT2D eigenvalue weighted by atomic mass is 10.2. The summed E-state index contributed by atoms with van der Waals surface area (Å²) in [4.78, 5) is 15.9. The smallest absolute Gasteiger partial charge is 0.239 e. The van der Waals surface area contributed by atoms with Gasteiger partial charge in [0.2, 0.25) is 5.91 Å². The minimum atomic E-state index is -0.112. The molecule has 22 heavy (non-hydrogen) atoms. The molecule has 1 amide bonds. The maximum absolute atomic E-state index is 11.9. The third-order valence-corrected chi connectivity index (χ3v) is 3.54. The number of methoxy groups -OCH3 is 1. The van der Waals surface area contributed by atoms with Crippen LogP contribution in [0, 0.1) is 6.92 Å². The summed E-state index contributed by atoms with van der Waals surface area (Å²) in [6, 6.07) is 7.33. The second kappa shape index (κ2) is 7.66. The summed E-state index contributed by atoms with van der Waals surface area (Å²) in [5.74, 6) is 0.495. The highest BCUT2D eigenvalue weighted by atomic mass is 35.5. The van der Waals surface area contributed by atoms with Gasteiger partial charge in [-0.3, -0.25) is 9.78 Å². The van der Waals surface area contributed by atoms with Crippen LogP contribution in [-0.2, 0) is 11.3 Å². The second-order valence-electron chi connectivity index (χ2n) is 4.79. The van der Waals surface area contributed by atoms with Gasteiger partial charge in [-0.15, -0.1) is 0 Å². The Morgan fingerprint density at radius 1 is 1.41 bits per heavy atom. The summed E-state index contributed by atoms with van der Waals surface area (Å²) >= 11 is 6.05. The predicted molar refractivity (Wildman–Crippen MR) is 87.3 cm³/mol. The average Bonchev–Trinajstić information content (AvgIpc) is 2.54. The predicted octanol–water partition coefficient (Wildman–Crippen LogP) is 2.78. The van der Waals surface area contributed by atoms with Gasteiger partial charge >= 0.3 is 0 Å². The molecule has 1 heterocycles. The van der Waals surface area contributed by atoms with Crippen LogP contribution in [0.3, 0.4) is 0 Å². The van der Waals surface area contributed by atoms with Gasteiger partial charge < -0.3 is 15.4 Å². The topological polar surface area (TPSA) is 63.2 Å². The number of aryl methyl sites for hydroxylation is 1. The van der Waals surface area contributed by atoms with Crippen LogP contribution >= 0.6 is 11.6 Å². The molecule has 0 bridgehead atoms. The molecule has 0 saturated heterocycles. The Morgan fingerprint density at radius 2 is 2.23 bits per heavy atom. The Morgan fingerprint density at radius 3 is 2.91 bits per heavy atom. The van der Waals surface area contributed by atoms with Gasteiger partial charge in [-0.05, 0) is 30.2 Å². The van der Waals surface area contributed by atoms with E-state index in [1.807, 2.05) is 25.1 Å². The molecule has 2 aromatic rings. The first-order chi connectivity index (χ1) is 10.6. The highest BCUT2D eigenvalue weighted by Crippen LogP contribution is 2.30. The normalized spacial score (nSPS) is 10.1. The molecule has 0 radical (unpaired) electrons. The first-order valence-corrected chi connectivity index (χ1v) is 7.21. The van der Waals surface area contributed by atoms with Crippen molar-refractivity contribution in [2.75, 3.05) is 19.0 Å². The van der Waals surface area contributed by atoms with Crippen LogP contribution in [0.25, 0.3) is 0 Å². The average molecular weight is 320 g/mol. The van der Waals surface area contributed by atoms with Gasteiger partial charge in [-0.25, -0.2) is 0 Å². The van der Waals surface area contributed by atoms with Crippen molar-refractivity contribution in [1.29, 1.82) is 0 Å². The van der Waals surface area contributed by atoms with Crippen LogP contribution < -0.4 is 15.4 Å². The fraction of sp³-hybridized carbons (Fsp3) is 0.250. The molecule has 0 saturated carbocycles. The van der Waals surface area contributed by atoms with Crippen molar-refractivity contribution in [3.63, 3.8) is 0 Å². The number of nitrogens with one attached hydrogen (secondary N) is 2. The molecule has 2 N–H and O–H groups in total. The molecular formula is C16H18ClN3O2. The molecule has 2 rings (SSSR count). The van der Waals surface area contributed by atoms with Crippen molar-refractivity contribution in [2.45, 2.75) is 13.5 Å². The summed E-state index contributed by atoms with van der Waals surface area (Å²) in [6.07, 6.45) is 3.42. The molecule has 0 unspecified atom stereocenters. The van der Waals surface area contributed by atoms with E-state index in [9.17, 15) is 4.79 Å². The summed E-state index contributed by atoms with van der Waals surface area (Å²) in [5.41, 5.74) is 2.61. The first kappa shape index (κ1) is 16.1. The fourth-order valence-corrected chi connectivity index (χ4v) is 2.07. The van der Waals surface area contributed by atoms with Crippen molar-refractivity contribution in [2.24, 2.45) is 0 Å². The molecule has 6 heteroatoms. The van der Waals surface area contributed by atoms with Crippen LogP contribution in [-0.4, -0.2) is 24.5 Å². The van der Waals surface area contributed by atoms with Crippen molar-refractivity contribution in [3.05, 3.63) is 52.8 Å². The molecule has 0 aliphatic rings. The number of halogens is 1. The summed E-state index contributed by atoms with van der Waals surface area (Å²) in [6.45, 7) is 2.50. The number of benzene rings is 1. The number of hydrogen-bond acceptors (Lipinski definition) is 4. The monoisotopic (exact) mass is 319 g/mol. The van der Waals surface area contributed by atoms with Crippen LogP contribution in [0.5, 0.6) is 5.75 Å². The lowest BCUT2D eigenvalue weighted by Crippen LogP contribution is -2.29. The van der Waals surface area contributed by atoms with Crippen LogP contribution in [0.2, 0.25) is 5.02 Å². The lowest BCUT2D eigenvalue weighted by Gasteiger charge is -2.13. The zero-order valence-corrected chi connectivity index (χ0v) is 13.3. The maximum Gasteiger partial charge on any atom is 0.239 e. The van der Waals surface area contributed by atoms with Crippen molar-refractivity contribution < 1.29 is 9.53 Å². The standard InChI is InChI=1S/C16H18ClN3O2/c1-11-6-14(15(22-2)7-13(11)17)19-10-16(21)20-9-12-4-3-5-18-8-12/h3-8,19H,9-10H2,1-2H3,(H,20,21). The van der Waals surface area contributed by atoms with E-state index >= 15 is 0 Å². The van der Waals surface area contributed by atoms with Gasteiger partial charge in [0.05, 0.1) is 19.3 Å². The Hall–Kier alpha value is -2.27. The van der Waals surface area contributed by atoms with E-state index in [4.69, 9.17) is 16.3 Å². The summed E-state index contributed by atoms with van der Waals surface area (Å²) in [7, 11) is 1.56. The number of pyridine rings is 1. The second-order valence-corrected chi connectivity index (χ2v) is 5.20. The number of nitrogens with zero attached hydrogens (tertiary/aromatic N) is 1. The van der Waals surface area contributed by atoms with E-state index in [1.54, 1.807) is 25.6 Å². The van der Waals surface area contributed by atoms with E-state index in [1.165, 1.54) is 0 Å². The van der Waals surface area contributed by atoms with Gasteiger partial charge in [0.1, 0.15) is 5.75 Å². The first-order valence-electron chi connectivity index (χ1n) is 6.83. The van der Waals surface area contributed by atoms with Crippen molar-refractivity contribution in [3.8, 4) is 5.75 Å². The van der Waals surface area contributed by atoms with E-state index < -0.39 is 0 Å². The Kier molecular flexibility index (Phi) is 5.61. The number of aromatic nitrogens is 1. The molecule has 0 fully saturated rings. The molecule has 0 aliphatic carbocycles. The Labute approximate surface area is 134 Å². The lowest BCUT2D eigenvalue weighted by molar-refractivity contribution is -0.119. The number of amides is 1. The minimum Gasteiger partial charge on any atom is -0.495 e. The molecular weight excluding hydrogens is 302 g/mol. The minimum absolute atomic E-state index is 0.112.